The van der Waals surface area contributed by atoms with E-state index in [-0.39, 0.29) is 0 Å². The van der Waals surface area contributed by atoms with Gasteiger partial charge in [0.15, 0.2) is 0 Å². The number of aromatic nitrogens is 2. The van der Waals surface area contributed by atoms with Crippen molar-refractivity contribution >= 4 is 22.7 Å². The molecule has 74 valence electrons. The Labute approximate surface area is 91.1 Å². The Morgan fingerprint density at radius 1 is 1.07 bits per heavy atom. The van der Waals surface area contributed by atoms with E-state index >= 15 is 0 Å². The molecule has 0 saturated carbocycles. The first-order chi connectivity index (χ1) is 6.84. The minimum atomic E-state index is 0.900. The van der Waals surface area contributed by atoms with Crippen molar-refractivity contribution in [3.8, 4) is 0 Å². The van der Waals surface area contributed by atoms with Crippen LogP contribution in [0.1, 0.15) is 10.0 Å². The third-order valence-electron chi connectivity index (χ3n) is 1.78. The summed E-state index contributed by atoms with van der Waals surface area (Å²) < 4.78 is 0. The highest BCUT2D eigenvalue weighted by Gasteiger charge is 2.04. The Bertz CT molecular complexity index is 319. The molecule has 0 N–H and O–H groups in total. The molecular formula is C9H11N3S2. The molecule has 0 aliphatic carbocycles. The molecule has 2 heterocycles. The summed E-state index contributed by atoms with van der Waals surface area (Å²) in [5, 5.41) is 6.33. The predicted molar refractivity (Wildman–Crippen MR) is 59.4 cm³/mol. The van der Waals surface area contributed by atoms with Gasteiger partial charge in [-0.05, 0) is 7.05 Å². The van der Waals surface area contributed by atoms with Crippen LogP contribution in [0.2, 0.25) is 0 Å². The predicted octanol–water partition coefficient (Wildman–Crippen LogP) is 2.23. The summed E-state index contributed by atoms with van der Waals surface area (Å²) in [5.74, 6) is 0. The van der Waals surface area contributed by atoms with Crippen molar-refractivity contribution in [3.05, 3.63) is 33.2 Å². The molecule has 3 nitrogen and oxygen atoms in total. The highest BCUT2D eigenvalue weighted by atomic mass is 32.1. The second kappa shape index (κ2) is 4.63. The summed E-state index contributed by atoms with van der Waals surface area (Å²) in [4.78, 5) is 10.7. The van der Waals surface area contributed by atoms with Crippen molar-refractivity contribution in [1.29, 1.82) is 0 Å². The third-order valence-corrected chi connectivity index (χ3v) is 3.31. The van der Waals surface area contributed by atoms with Gasteiger partial charge in [-0.3, -0.25) is 4.90 Å². The van der Waals surface area contributed by atoms with Crippen molar-refractivity contribution < 1.29 is 0 Å². The maximum absolute atomic E-state index is 4.25. The zero-order valence-electron chi connectivity index (χ0n) is 7.88. The Balaban J connectivity index is 1.88. The Hall–Kier alpha value is -0.780. The van der Waals surface area contributed by atoms with Gasteiger partial charge in [0, 0.05) is 23.2 Å². The van der Waals surface area contributed by atoms with E-state index in [9.17, 15) is 0 Å². The Kier molecular flexibility index (Phi) is 3.23. The normalized spacial score (nSPS) is 11.0. The van der Waals surface area contributed by atoms with Crippen LogP contribution in [0, 0.1) is 0 Å². The molecule has 0 aliphatic rings. The number of nitrogens with zero attached hydrogens (tertiary/aromatic N) is 3. The minimum Gasteiger partial charge on any atom is -0.293 e. The highest BCUT2D eigenvalue weighted by Crippen LogP contribution is 2.11. The van der Waals surface area contributed by atoms with Crippen molar-refractivity contribution in [2.75, 3.05) is 7.05 Å². The van der Waals surface area contributed by atoms with Crippen molar-refractivity contribution in [2.24, 2.45) is 0 Å². The van der Waals surface area contributed by atoms with Crippen LogP contribution in [-0.4, -0.2) is 21.9 Å². The molecule has 0 fully saturated rings. The first-order valence-electron chi connectivity index (χ1n) is 4.30. The molecule has 0 spiro atoms. The molecule has 0 saturated heterocycles. The van der Waals surface area contributed by atoms with Crippen LogP contribution in [0.5, 0.6) is 0 Å². The minimum absolute atomic E-state index is 0.900. The quantitative estimate of drug-likeness (QED) is 0.799. The summed E-state index contributed by atoms with van der Waals surface area (Å²) in [6.07, 6.45) is 3.69. The average Bonchev–Trinajstić information content (AvgIpc) is 2.76. The van der Waals surface area contributed by atoms with Gasteiger partial charge in [-0.1, -0.05) is 0 Å². The first kappa shape index (κ1) is 9.76. The van der Waals surface area contributed by atoms with Gasteiger partial charge in [-0.15, -0.1) is 22.7 Å². The van der Waals surface area contributed by atoms with Gasteiger partial charge in [-0.2, -0.15) is 0 Å². The summed E-state index contributed by atoms with van der Waals surface area (Å²) in [6.45, 7) is 1.80. The maximum atomic E-state index is 4.25. The molecule has 0 bridgehead atoms. The van der Waals surface area contributed by atoms with E-state index in [0.29, 0.717) is 0 Å². The number of hydrogen-bond donors (Lipinski definition) is 0. The zero-order valence-corrected chi connectivity index (χ0v) is 9.51. The molecule has 0 aliphatic heterocycles. The Morgan fingerprint density at radius 2 is 1.57 bits per heavy atom. The van der Waals surface area contributed by atoms with E-state index in [1.54, 1.807) is 22.7 Å². The molecule has 0 atom stereocenters. The van der Waals surface area contributed by atoms with E-state index in [2.05, 4.69) is 21.9 Å². The topological polar surface area (TPSA) is 29.0 Å². The van der Waals surface area contributed by atoms with Crippen LogP contribution in [0.15, 0.2) is 23.2 Å². The van der Waals surface area contributed by atoms with Crippen molar-refractivity contribution in [2.45, 2.75) is 13.1 Å². The Morgan fingerprint density at radius 3 is 1.93 bits per heavy atom. The number of rotatable bonds is 4. The smallest absolute Gasteiger partial charge is 0.107 e. The molecule has 2 aromatic heterocycles. The van der Waals surface area contributed by atoms with Crippen LogP contribution in [0.4, 0.5) is 0 Å². The maximum Gasteiger partial charge on any atom is 0.107 e. The summed E-state index contributed by atoms with van der Waals surface area (Å²) in [7, 11) is 2.09. The molecule has 0 amide bonds. The molecule has 0 unspecified atom stereocenters. The van der Waals surface area contributed by atoms with Crippen LogP contribution in [0.3, 0.4) is 0 Å². The van der Waals surface area contributed by atoms with Crippen LogP contribution in [-0.2, 0) is 13.1 Å². The van der Waals surface area contributed by atoms with Crippen molar-refractivity contribution in [3.63, 3.8) is 0 Å². The molecular weight excluding hydrogens is 214 g/mol. The molecule has 0 aromatic carbocycles. The second-order valence-electron chi connectivity index (χ2n) is 3.02. The fourth-order valence-corrected chi connectivity index (χ4v) is 2.57. The van der Waals surface area contributed by atoms with Crippen LogP contribution >= 0.6 is 22.7 Å². The van der Waals surface area contributed by atoms with Gasteiger partial charge in [0.2, 0.25) is 0 Å². The zero-order chi connectivity index (χ0) is 9.80. The first-order valence-corrected chi connectivity index (χ1v) is 6.06. The van der Waals surface area contributed by atoms with Crippen LogP contribution < -0.4 is 0 Å². The summed E-state index contributed by atoms with van der Waals surface area (Å²) >= 11 is 3.39. The van der Waals surface area contributed by atoms with Crippen LogP contribution in [0.25, 0.3) is 0 Å². The largest absolute Gasteiger partial charge is 0.293 e. The number of hydrogen-bond acceptors (Lipinski definition) is 5. The van der Waals surface area contributed by atoms with Gasteiger partial charge in [0.05, 0.1) is 13.1 Å². The lowest BCUT2D eigenvalue weighted by Crippen LogP contribution is -2.16. The lowest BCUT2D eigenvalue weighted by molar-refractivity contribution is 0.318. The van der Waals surface area contributed by atoms with Gasteiger partial charge >= 0.3 is 0 Å². The van der Waals surface area contributed by atoms with E-state index < -0.39 is 0 Å². The molecule has 2 aromatic rings. The fourth-order valence-electron chi connectivity index (χ4n) is 1.18. The van der Waals surface area contributed by atoms with E-state index in [0.717, 1.165) is 23.1 Å². The summed E-state index contributed by atoms with van der Waals surface area (Å²) in [5.41, 5.74) is 0. The van der Waals surface area contributed by atoms with E-state index in [1.165, 1.54) is 0 Å². The lowest BCUT2D eigenvalue weighted by atomic mass is 10.5. The SMILES string of the molecule is CN(Cc1nccs1)Cc1nccs1. The van der Waals surface area contributed by atoms with Gasteiger partial charge in [-0.25, -0.2) is 9.97 Å². The average molecular weight is 225 g/mol. The lowest BCUT2D eigenvalue weighted by Gasteiger charge is -2.12. The summed E-state index contributed by atoms with van der Waals surface area (Å²) in [6, 6.07) is 0. The van der Waals surface area contributed by atoms with Crippen molar-refractivity contribution in [1.82, 2.24) is 14.9 Å². The van der Waals surface area contributed by atoms with Gasteiger partial charge < -0.3 is 0 Å². The van der Waals surface area contributed by atoms with Gasteiger partial charge in [0.1, 0.15) is 10.0 Å². The monoisotopic (exact) mass is 225 g/mol. The molecule has 0 radical (unpaired) electrons. The van der Waals surface area contributed by atoms with E-state index in [4.69, 9.17) is 0 Å². The van der Waals surface area contributed by atoms with Gasteiger partial charge in [0.25, 0.3) is 0 Å². The third kappa shape index (κ3) is 2.60. The highest BCUT2D eigenvalue weighted by molar-refractivity contribution is 7.09. The number of thiazole rings is 2. The fraction of sp³-hybridized carbons (Fsp3) is 0.333. The molecule has 5 heteroatoms. The van der Waals surface area contributed by atoms with E-state index in [1.807, 2.05) is 23.2 Å². The standard InChI is InChI=1S/C9H11N3S2/c1-12(6-8-10-2-4-13-8)7-9-11-3-5-14-9/h2-5H,6-7H2,1H3. The molecule has 14 heavy (non-hydrogen) atoms. The molecule has 2 rings (SSSR count). The second-order valence-corrected chi connectivity index (χ2v) is 4.98.